The van der Waals surface area contributed by atoms with Gasteiger partial charge >= 0.3 is 0 Å². The number of pyridine rings is 1. The molecule has 1 aliphatic carbocycles. The van der Waals surface area contributed by atoms with Crippen LogP contribution in [0.1, 0.15) is 22.6 Å². The molecule has 2 heteroatoms. The van der Waals surface area contributed by atoms with E-state index in [2.05, 4.69) is 133 Å². The monoisotopic (exact) mass is 501 g/mol. The number of hydrogen-bond donors (Lipinski definition) is 0. The fraction of sp³-hybridized carbons (Fsp3) is 0.0278. The summed E-state index contributed by atoms with van der Waals surface area (Å²) in [7, 11) is 0. The van der Waals surface area contributed by atoms with Gasteiger partial charge < -0.3 is 0 Å². The molecule has 0 radical (unpaired) electrons. The first-order valence-electron chi connectivity index (χ1n) is 13.0. The highest BCUT2D eigenvalue weighted by molar-refractivity contribution is 7.25. The molecule has 0 aliphatic heterocycles. The van der Waals surface area contributed by atoms with Gasteiger partial charge in [0.2, 0.25) is 0 Å². The molecule has 0 amide bonds. The Labute approximate surface area is 225 Å². The van der Waals surface area contributed by atoms with Crippen molar-refractivity contribution in [3.05, 3.63) is 150 Å². The van der Waals surface area contributed by atoms with E-state index in [1.807, 2.05) is 11.3 Å². The van der Waals surface area contributed by atoms with Gasteiger partial charge in [-0.2, -0.15) is 0 Å². The van der Waals surface area contributed by atoms with Crippen LogP contribution in [0.5, 0.6) is 0 Å². The molecule has 1 unspecified atom stereocenters. The SMILES string of the molecule is c1ccc(-c2ccc(C3c4ccccc4-c4c3ccc3sc5ccccc5c43)c(-c3ccccc3)n2)cc1. The van der Waals surface area contributed by atoms with Crippen LogP contribution in [-0.4, -0.2) is 4.98 Å². The van der Waals surface area contributed by atoms with Crippen LogP contribution >= 0.6 is 11.3 Å². The maximum atomic E-state index is 5.31. The molecule has 1 nitrogen and oxygen atoms in total. The Morgan fingerprint density at radius 2 is 1.18 bits per heavy atom. The molecule has 38 heavy (non-hydrogen) atoms. The quantitative estimate of drug-likeness (QED) is 0.235. The third-order valence-electron chi connectivity index (χ3n) is 7.78. The van der Waals surface area contributed by atoms with Crippen molar-refractivity contribution < 1.29 is 0 Å². The first kappa shape index (κ1) is 21.5. The lowest BCUT2D eigenvalue weighted by Gasteiger charge is -2.19. The maximum Gasteiger partial charge on any atom is 0.0751 e. The Kier molecular flexibility index (Phi) is 4.83. The van der Waals surface area contributed by atoms with E-state index in [4.69, 9.17) is 4.98 Å². The van der Waals surface area contributed by atoms with Crippen molar-refractivity contribution in [3.63, 3.8) is 0 Å². The lowest BCUT2D eigenvalue weighted by Crippen LogP contribution is -2.04. The number of aromatic nitrogens is 1. The van der Waals surface area contributed by atoms with E-state index in [1.165, 1.54) is 48.0 Å². The zero-order chi connectivity index (χ0) is 25.1. The summed E-state index contributed by atoms with van der Waals surface area (Å²) < 4.78 is 2.69. The maximum absolute atomic E-state index is 5.31. The highest BCUT2D eigenvalue weighted by atomic mass is 32.1. The molecule has 1 atom stereocenters. The molecular formula is C36H23NS. The van der Waals surface area contributed by atoms with Gasteiger partial charge in [-0.15, -0.1) is 11.3 Å². The second kappa shape index (κ2) is 8.51. The predicted molar refractivity (Wildman–Crippen MR) is 161 cm³/mol. The fourth-order valence-corrected chi connectivity index (χ4v) is 7.26. The van der Waals surface area contributed by atoms with Crippen molar-refractivity contribution >= 4 is 31.5 Å². The molecule has 2 aromatic heterocycles. The number of hydrogen-bond acceptors (Lipinski definition) is 2. The molecule has 5 aromatic carbocycles. The van der Waals surface area contributed by atoms with E-state index in [1.54, 1.807) is 0 Å². The summed E-state index contributed by atoms with van der Waals surface area (Å²) in [5.74, 6) is 0.122. The van der Waals surface area contributed by atoms with E-state index < -0.39 is 0 Å². The first-order valence-corrected chi connectivity index (χ1v) is 13.8. The van der Waals surface area contributed by atoms with E-state index >= 15 is 0 Å². The topological polar surface area (TPSA) is 12.9 Å². The second-order valence-corrected chi connectivity index (χ2v) is 11.0. The fourth-order valence-electron chi connectivity index (χ4n) is 6.14. The summed E-state index contributed by atoms with van der Waals surface area (Å²) in [5, 5.41) is 2.73. The predicted octanol–water partition coefficient (Wildman–Crippen LogP) is 9.94. The summed E-state index contributed by atoms with van der Waals surface area (Å²) in [6, 6.07) is 48.1. The van der Waals surface area contributed by atoms with Crippen LogP contribution in [0.4, 0.5) is 0 Å². The Hall–Kier alpha value is -4.53. The van der Waals surface area contributed by atoms with E-state index in [0.29, 0.717) is 0 Å². The van der Waals surface area contributed by atoms with Crippen molar-refractivity contribution in [1.29, 1.82) is 0 Å². The third-order valence-corrected chi connectivity index (χ3v) is 8.92. The van der Waals surface area contributed by atoms with Crippen molar-refractivity contribution in [3.8, 4) is 33.6 Å². The van der Waals surface area contributed by atoms with Gasteiger partial charge in [-0.25, -0.2) is 4.98 Å². The average molecular weight is 502 g/mol. The van der Waals surface area contributed by atoms with Gasteiger partial charge in [0.25, 0.3) is 0 Å². The van der Waals surface area contributed by atoms with Crippen LogP contribution in [-0.2, 0) is 0 Å². The minimum Gasteiger partial charge on any atom is -0.247 e. The lowest BCUT2D eigenvalue weighted by atomic mass is 9.86. The van der Waals surface area contributed by atoms with Crippen LogP contribution in [0.2, 0.25) is 0 Å². The van der Waals surface area contributed by atoms with Crippen molar-refractivity contribution in [1.82, 2.24) is 4.98 Å². The summed E-state index contributed by atoms with van der Waals surface area (Å²) >= 11 is 1.89. The van der Waals surface area contributed by atoms with E-state index in [-0.39, 0.29) is 5.92 Å². The molecule has 0 bridgehead atoms. The summed E-state index contributed by atoms with van der Waals surface area (Å²) in [4.78, 5) is 5.31. The minimum atomic E-state index is 0.122. The summed E-state index contributed by atoms with van der Waals surface area (Å²) in [6.07, 6.45) is 0. The van der Waals surface area contributed by atoms with Gasteiger partial charge in [0, 0.05) is 37.2 Å². The van der Waals surface area contributed by atoms with Gasteiger partial charge in [-0.3, -0.25) is 0 Å². The normalized spacial score (nSPS) is 14.1. The largest absolute Gasteiger partial charge is 0.247 e. The molecule has 0 fully saturated rings. The molecule has 7 aromatic rings. The number of fused-ring (bicyclic) bond motifs is 7. The summed E-state index contributed by atoms with van der Waals surface area (Å²) in [5.41, 5.74) is 11.0. The van der Waals surface area contributed by atoms with E-state index in [9.17, 15) is 0 Å². The Morgan fingerprint density at radius 1 is 0.500 bits per heavy atom. The second-order valence-electron chi connectivity index (χ2n) is 9.89. The van der Waals surface area contributed by atoms with Crippen LogP contribution in [0, 0.1) is 0 Å². The molecule has 178 valence electrons. The van der Waals surface area contributed by atoms with Crippen molar-refractivity contribution in [2.75, 3.05) is 0 Å². The highest BCUT2D eigenvalue weighted by Crippen LogP contribution is 2.54. The minimum absolute atomic E-state index is 0.122. The van der Waals surface area contributed by atoms with Crippen molar-refractivity contribution in [2.45, 2.75) is 5.92 Å². The number of nitrogens with zero attached hydrogens (tertiary/aromatic N) is 1. The lowest BCUT2D eigenvalue weighted by molar-refractivity contribution is 1.00. The van der Waals surface area contributed by atoms with Gasteiger partial charge in [0.1, 0.15) is 0 Å². The molecular weight excluding hydrogens is 478 g/mol. The van der Waals surface area contributed by atoms with Gasteiger partial charge in [-0.1, -0.05) is 115 Å². The number of benzene rings is 5. The molecule has 0 saturated carbocycles. The van der Waals surface area contributed by atoms with Crippen LogP contribution < -0.4 is 0 Å². The molecule has 0 N–H and O–H groups in total. The molecule has 2 heterocycles. The molecule has 0 saturated heterocycles. The van der Waals surface area contributed by atoms with Crippen LogP contribution in [0.25, 0.3) is 53.8 Å². The highest BCUT2D eigenvalue weighted by Gasteiger charge is 2.34. The Balaban J connectivity index is 1.43. The van der Waals surface area contributed by atoms with Gasteiger partial charge in [0.15, 0.2) is 0 Å². The van der Waals surface area contributed by atoms with E-state index in [0.717, 1.165) is 22.5 Å². The molecule has 0 spiro atoms. The molecule has 1 aliphatic rings. The Bertz CT molecular complexity index is 1970. The first-order chi connectivity index (χ1) is 18.9. The van der Waals surface area contributed by atoms with Crippen LogP contribution in [0.3, 0.4) is 0 Å². The van der Waals surface area contributed by atoms with Crippen LogP contribution in [0.15, 0.2) is 133 Å². The zero-order valence-corrected chi connectivity index (χ0v) is 21.5. The number of thiophene rings is 1. The third kappa shape index (κ3) is 3.21. The average Bonchev–Trinajstić information content (AvgIpc) is 3.53. The smallest absolute Gasteiger partial charge is 0.0751 e. The molecule has 8 rings (SSSR count). The van der Waals surface area contributed by atoms with Gasteiger partial charge in [-0.05, 0) is 46.0 Å². The van der Waals surface area contributed by atoms with Gasteiger partial charge in [0.05, 0.1) is 11.4 Å². The standard InChI is InChI=1S/C36H23NS/c1-3-11-23(12-4-1)30-21-19-29(36(37-30)24-13-5-2-6-14-24)33-25-15-7-8-16-26(25)34-28(33)20-22-32-35(34)27-17-9-10-18-31(27)38-32/h1-22,33H. The zero-order valence-electron chi connectivity index (χ0n) is 20.6. The van der Waals surface area contributed by atoms with Crippen molar-refractivity contribution in [2.24, 2.45) is 0 Å². The number of rotatable bonds is 3. The Morgan fingerprint density at radius 3 is 2.03 bits per heavy atom. The summed E-state index contributed by atoms with van der Waals surface area (Å²) in [6.45, 7) is 0.